The minimum atomic E-state index is -4.36. The fraction of sp³-hybridized carbons (Fsp3) is 0.200. The predicted octanol–water partition coefficient (Wildman–Crippen LogP) is 0.833. The third-order valence-electron chi connectivity index (χ3n) is 2.00. The Morgan fingerprint density at radius 1 is 1.18 bits per heavy atom. The van der Waals surface area contributed by atoms with Gasteiger partial charge in [0.15, 0.2) is 0 Å². The van der Waals surface area contributed by atoms with Crippen LogP contribution in [0.2, 0.25) is 0 Å². The molecule has 1 N–H and O–H groups in total. The molecular weight excluding hydrogens is 246 g/mol. The van der Waals surface area contributed by atoms with Gasteiger partial charge in [0.05, 0.1) is 10.6 Å². The van der Waals surface area contributed by atoms with Gasteiger partial charge in [-0.1, -0.05) is 6.07 Å². The van der Waals surface area contributed by atoms with Crippen molar-refractivity contribution in [3.05, 3.63) is 24.3 Å². The van der Waals surface area contributed by atoms with E-state index in [2.05, 4.69) is 0 Å². The van der Waals surface area contributed by atoms with Gasteiger partial charge in [-0.15, -0.1) is 0 Å². The van der Waals surface area contributed by atoms with Crippen LogP contribution in [0.5, 0.6) is 0 Å². The summed E-state index contributed by atoms with van der Waals surface area (Å²) in [4.78, 5) is 22.9. The van der Waals surface area contributed by atoms with Gasteiger partial charge in [-0.2, -0.15) is 8.42 Å². The molecule has 7 heteroatoms. The van der Waals surface area contributed by atoms with E-state index in [0.29, 0.717) is 0 Å². The Kier molecular flexibility index (Phi) is 3.64. The monoisotopic (exact) mass is 257 g/mol. The zero-order valence-corrected chi connectivity index (χ0v) is 10.1. The minimum absolute atomic E-state index is 0.0973. The maximum absolute atomic E-state index is 11.2. The fourth-order valence-corrected chi connectivity index (χ4v) is 1.89. The topological polar surface area (TPSA) is 91.8 Å². The van der Waals surface area contributed by atoms with E-state index >= 15 is 0 Å². The van der Waals surface area contributed by atoms with Gasteiger partial charge in [0.1, 0.15) is 0 Å². The number of carbonyl (C=O) groups excluding carboxylic acids is 2. The SMILES string of the molecule is CC(=O)N(C(C)=O)c1cccc(S(=O)(=O)O)c1. The first kappa shape index (κ1) is 13.3. The van der Waals surface area contributed by atoms with Gasteiger partial charge in [0.2, 0.25) is 11.8 Å². The van der Waals surface area contributed by atoms with Crippen LogP contribution >= 0.6 is 0 Å². The van der Waals surface area contributed by atoms with Crippen molar-refractivity contribution in [1.29, 1.82) is 0 Å². The van der Waals surface area contributed by atoms with E-state index in [1.54, 1.807) is 0 Å². The lowest BCUT2D eigenvalue weighted by molar-refractivity contribution is -0.124. The predicted molar refractivity (Wildman–Crippen MR) is 60.1 cm³/mol. The third-order valence-corrected chi connectivity index (χ3v) is 2.85. The third kappa shape index (κ3) is 3.11. The summed E-state index contributed by atoms with van der Waals surface area (Å²) in [6, 6.07) is 4.95. The van der Waals surface area contributed by atoms with E-state index in [9.17, 15) is 18.0 Å². The summed E-state index contributed by atoms with van der Waals surface area (Å²) in [5.74, 6) is -1.07. The van der Waals surface area contributed by atoms with Gasteiger partial charge in [-0.05, 0) is 18.2 Å². The van der Waals surface area contributed by atoms with Crippen LogP contribution in [0.1, 0.15) is 13.8 Å². The molecule has 0 fully saturated rings. The first-order valence-electron chi connectivity index (χ1n) is 4.62. The number of nitrogens with zero attached hydrogens (tertiary/aromatic N) is 1. The van der Waals surface area contributed by atoms with Crippen molar-refractivity contribution in [3.63, 3.8) is 0 Å². The highest BCUT2D eigenvalue weighted by Gasteiger charge is 2.18. The van der Waals surface area contributed by atoms with Crippen LogP contribution in [-0.2, 0) is 19.7 Å². The molecule has 6 nitrogen and oxygen atoms in total. The summed E-state index contributed by atoms with van der Waals surface area (Å²) >= 11 is 0. The van der Waals surface area contributed by atoms with Crippen molar-refractivity contribution in [2.24, 2.45) is 0 Å². The maximum atomic E-state index is 11.2. The molecule has 2 amide bonds. The van der Waals surface area contributed by atoms with E-state index < -0.39 is 21.9 Å². The number of carbonyl (C=O) groups is 2. The Morgan fingerprint density at radius 3 is 2.12 bits per heavy atom. The summed E-state index contributed by atoms with van der Waals surface area (Å²) < 4.78 is 30.7. The van der Waals surface area contributed by atoms with E-state index in [0.717, 1.165) is 17.0 Å². The number of rotatable bonds is 2. The molecule has 17 heavy (non-hydrogen) atoms. The fourth-order valence-electron chi connectivity index (χ4n) is 1.37. The summed E-state index contributed by atoms with van der Waals surface area (Å²) in [6.07, 6.45) is 0. The van der Waals surface area contributed by atoms with Crippen LogP contribution in [0.3, 0.4) is 0 Å². The molecule has 0 aromatic heterocycles. The molecule has 0 bridgehead atoms. The van der Waals surface area contributed by atoms with E-state index in [-0.39, 0.29) is 10.6 Å². The number of anilines is 1. The van der Waals surface area contributed by atoms with Crippen LogP contribution in [0, 0.1) is 0 Å². The number of amides is 2. The zero-order valence-electron chi connectivity index (χ0n) is 9.25. The Balaban J connectivity index is 3.32. The van der Waals surface area contributed by atoms with Gasteiger partial charge in [-0.25, -0.2) is 0 Å². The molecule has 1 aromatic carbocycles. The smallest absolute Gasteiger partial charge is 0.282 e. The molecule has 0 atom stereocenters. The molecule has 0 aliphatic rings. The van der Waals surface area contributed by atoms with Gasteiger partial charge in [0, 0.05) is 13.8 Å². The Morgan fingerprint density at radius 2 is 1.71 bits per heavy atom. The maximum Gasteiger partial charge on any atom is 0.294 e. The normalized spacial score (nSPS) is 11.0. The summed E-state index contributed by atoms with van der Waals surface area (Å²) in [7, 11) is -4.36. The average Bonchev–Trinajstić information content (AvgIpc) is 2.15. The van der Waals surface area contributed by atoms with E-state index in [4.69, 9.17) is 4.55 Å². The lowest BCUT2D eigenvalue weighted by Crippen LogP contribution is -2.33. The molecule has 1 aromatic rings. The molecule has 0 aliphatic heterocycles. The summed E-state index contributed by atoms with van der Waals surface area (Å²) in [6.45, 7) is 2.36. The lowest BCUT2D eigenvalue weighted by Gasteiger charge is -2.17. The van der Waals surface area contributed by atoms with Crippen molar-refractivity contribution in [1.82, 2.24) is 0 Å². The molecule has 0 radical (unpaired) electrons. The van der Waals surface area contributed by atoms with Crippen LogP contribution in [0.25, 0.3) is 0 Å². The second kappa shape index (κ2) is 4.64. The highest BCUT2D eigenvalue weighted by atomic mass is 32.2. The Bertz CT molecular complexity index is 550. The zero-order chi connectivity index (χ0) is 13.2. The molecule has 0 heterocycles. The van der Waals surface area contributed by atoms with Crippen LogP contribution in [0.15, 0.2) is 29.2 Å². The van der Waals surface area contributed by atoms with Crippen molar-refractivity contribution in [2.75, 3.05) is 4.90 Å². The van der Waals surface area contributed by atoms with E-state index in [1.807, 2.05) is 0 Å². The first-order chi connectivity index (χ1) is 7.73. The summed E-state index contributed by atoms with van der Waals surface area (Å²) in [5.41, 5.74) is 0.0973. The van der Waals surface area contributed by atoms with Crippen molar-refractivity contribution >= 4 is 27.6 Å². The van der Waals surface area contributed by atoms with Gasteiger partial charge in [-0.3, -0.25) is 19.0 Å². The van der Waals surface area contributed by atoms with Crippen LogP contribution < -0.4 is 4.90 Å². The van der Waals surface area contributed by atoms with Crippen molar-refractivity contribution < 1.29 is 22.6 Å². The second-order valence-electron chi connectivity index (χ2n) is 3.35. The first-order valence-corrected chi connectivity index (χ1v) is 6.06. The molecule has 1 rings (SSSR count). The molecule has 0 aliphatic carbocycles. The van der Waals surface area contributed by atoms with Gasteiger partial charge < -0.3 is 0 Å². The molecule has 0 spiro atoms. The van der Waals surface area contributed by atoms with Crippen molar-refractivity contribution in [2.45, 2.75) is 18.7 Å². The van der Waals surface area contributed by atoms with Crippen molar-refractivity contribution in [3.8, 4) is 0 Å². The number of benzene rings is 1. The largest absolute Gasteiger partial charge is 0.294 e. The quantitative estimate of drug-likeness (QED) is 0.792. The number of hydrogen-bond acceptors (Lipinski definition) is 4. The molecular formula is C10H11NO5S. The minimum Gasteiger partial charge on any atom is -0.282 e. The molecule has 0 saturated heterocycles. The number of hydrogen-bond donors (Lipinski definition) is 1. The highest BCUT2D eigenvalue weighted by molar-refractivity contribution is 7.85. The Labute approximate surface area is 98.6 Å². The van der Waals surface area contributed by atoms with Gasteiger partial charge >= 0.3 is 0 Å². The Hall–Kier alpha value is -1.73. The lowest BCUT2D eigenvalue weighted by atomic mass is 10.3. The average molecular weight is 257 g/mol. The van der Waals surface area contributed by atoms with Crippen LogP contribution in [-0.4, -0.2) is 24.8 Å². The number of imide groups is 1. The molecule has 0 saturated carbocycles. The van der Waals surface area contributed by atoms with Crippen LogP contribution in [0.4, 0.5) is 5.69 Å². The standard InChI is InChI=1S/C10H11NO5S/c1-7(12)11(8(2)13)9-4-3-5-10(6-9)17(14,15)16/h3-6H,1-2H3,(H,14,15,16). The molecule has 92 valence electrons. The second-order valence-corrected chi connectivity index (χ2v) is 4.77. The molecule has 0 unspecified atom stereocenters. The highest BCUT2D eigenvalue weighted by Crippen LogP contribution is 2.19. The summed E-state index contributed by atoms with van der Waals surface area (Å²) in [5, 5.41) is 0. The van der Waals surface area contributed by atoms with Gasteiger partial charge in [0.25, 0.3) is 10.1 Å². The van der Waals surface area contributed by atoms with E-state index in [1.165, 1.54) is 26.0 Å².